The van der Waals surface area contributed by atoms with E-state index in [1.807, 2.05) is 0 Å². The van der Waals surface area contributed by atoms with Gasteiger partial charge in [0.2, 0.25) is 0 Å². The van der Waals surface area contributed by atoms with E-state index in [9.17, 15) is 4.79 Å². The molecule has 1 heterocycles. The van der Waals surface area contributed by atoms with E-state index >= 15 is 0 Å². The van der Waals surface area contributed by atoms with Gasteiger partial charge in [0.25, 0.3) is 0 Å². The van der Waals surface area contributed by atoms with E-state index < -0.39 is 5.97 Å². The molecular weight excluding hydrogens is 240 g/mol. The Labute approximate surface area is 117 Å². The smallest absolute Gasteiger partial charge is 0.303 e. The third kappa shape index (κ3) is 8.22. The van der Waals surface area contributed by atoms with Gasteiger partial charge in [0.15, 0.2) is 0 Å². The average molecular weight is 270 g/mol. The number of carboxylic acid groups (broad SMARTS) is 1. The Morgan fingerprint density at radius 2 is 1.89 bits per heavy atom. The summed E-state index contributed by atoms with van der Waals surface area (Å²) in [5.74, 6) is -0.688. The fraction of sp³-hybridized carbons (Fsp3) is 0.933. The van der Waals surface area contributed by atoms with Crippen LogP contribution in [0.4, 0.5) is 0 Å². The van der Waals surface area contributed by atoms with Gasteiger partial charge in [-0.1, -0.05) is 13.8 Å². The van der Waals surface area contributed by atoms with Crippen LogP contribution in [0.2, 0.25) is 0 Å². The van der Waals surface area contributed by atoms with Crippen molar-refractivity contribution in [2.24, 2.45) is 5.41 Å². The molecule has 1 aliphatic rings. The maximum absolute atomic E-state index is 10.6. The van der Waals surface area contributed by atoms with Crippen molar-refractivity contribution in [3.05, 3.63) is 0 Å². The number of hydrogen-bond donors (Lipinski definition) is 2. The van der Waals surface area contributed by atoms with Crippen molar-refractivity contribution >= 4 is 5.97 Å². The zero-order valence-corrected chi connectivity index (χ0v) is 12.6. The molecule has 0 aromatic heterocycles. The van der Waals surface area contributed by atoms with E-state index in [0.29, 0.717) is 0 Å². The summed E-state index contributed by atoms with van der Waals surface area (Å²) in [7, 11) is 0. The average Bonchev–Trinajstić information content (AvgIpc) is 2.84. The zero-order chi connectivity index (χ0) is 14.1. The molecule has 0 aliphatic carbocycles. The molecule has 0 aromatic rings. The molecule has 4 heteroatoms. The quantitative estimate of drug-likeness (QED) is 0.598. The molecule has 1 saturated heterocycles. The summed E-state index contributed by atoms with van der Waals surface area (Å²) in [6, 6.07) is 0. The number of nitrogens with one attached hydrogen (secondary N) is 1. The molecule has 0 radical (unpaired) electrons. The molecule has 0 unspecified atom stereocenters. The summed E-state index contributed by atoms with van der Waals surface area (Å²) in [5.41, 5.74) is 0.125. The van der Waals surface area contributed by atoms with Crippen molar-refractivity contribution < 1.29 is 9.90 Å². The second kappa shape index (κ2) is 8.54. The molecular formula is C15H30N2O2. The fourth-order valence-corrected chi connectivity index (χ4v) is 2.56. The van der Waals surface area contributed by atoms with Gasteiger partial charge in [0.1, 0.15) is 0 Å². The Bertz CT molecular complexity index is 261. The van der Waals surface area contributed by atoms with Crippen LogP contribution in [-0.4, -0.2) is 48.7 Å². The number of carbonyl (C=O) groups is 1. The van der Waals surface area contributed by atoms with Gasteiger partial charge >= 0.3 is 5.97 Å². The summed E-state index contributed by atoms with van der Waals surface area (Å²) in [5, 5.41) is 12.2. The minimum absolute atomic E-state index is 0.125. The van der Waals surface area contributed by atoms with Gasteiger partial charge in [-0.15, -0.1) is 0 Å². The van der Waals surface area contributed by atoms with Crippen LogP contribution >= 0.6 is 0 Å². The maximum atomic E-state index is 10.6. The first-order valence-electron chi connectivity index (χ1n) is 7.64. The highest BCUT2D eigenvalue weighted by Crippen LogP contribution is 2.25. The predicted molar refractivity (Wildman–Crippen MR) is 78.4 cm³/mol. The van der Waals surface area contributed by atoms with Crippen molar-refractivity contribution in [2.45, 2.75) is 52.4 Å². The molecule has 112 valence electrons. The van der Waals surface area contributed by atoms with E-state index in [1.165, 1.54) is 38.9 Å². The molecule has 0 atom stereocenters. The lowest BCUT2D eigenvalue weighted by molar-refractivity contribution is -0.137. The highest BCUT2D eigenvalue weighted by atomic mass is 16.4. The Kier molecular flexibility index (Phi) is 7.39. The van der Waals surface area contributed by atoms with Gasteiger partial charge in [-0.3, -0.25) is 4.79 Å². The molecule has 19 heavy (non-hydrogen) atoms. The Morgan fingerprint density at radius 1 is 1.21 bits per heavy atom. The molecule has 0 saturated carbocycles. The molecule has 1 fully saturated rings. The Balaban J connectivity index is 1.95. The third-order valence-corrected chi connectivity index (χ3v) is 4.02. The second-order valence-electron chi connectivity index (χ2n) is 6.46. The van der Waals surface area contributed by atoms with Crippen LogP contribution in [0.1, 0.15) is 52.4 Å². The number of hydrogen-bond acceptors (Lipinski definition) is 3. The number of rotatable bonds is 10. The summed E-state index contributed by atoms with van der Waals surface area (Å²) in [6.45, 7) is 10.2. The summed E-state index contributed by atoms with van der Waals surface area (Å²) < 4.78 is 0. The van der Waals surface area contributed by atoms with E-state index in [4.69, 9.17) is 5.11 Å². The lowest BCUT2D eigenvalue weighted by Crippen LogP contribution is -2.27. The number of carboxylic acids is 1. The number of nitrogens with zero attached hydrogens (tertiary/aromatic N) is 1. The van der Waals surface area contributed by atoms with Crippen LogP contribution in [0.15, 0.2) is 0 Å². The Morgan fingerprint density at radius 3 is 2.53 bits per heavy atom. The number of aliphatic carboxylic acids is 1. The van der Waals surface area contributed by atoms with E-state index in [0.717, 1.165) is 25.9 Å². The van der Waals surface area contributed by atoms with Gasteiger partial charge in [-0.25, -0.2) is 0 Å². The Hall–Kier alpha value is -0.610. The molecule has 1 rings (SSSR count). The molecule has 1 aliphatic heterocycles. The molecule has 4 nitrogen and oxygen atoms in total. The van der Waals surface area contributed by atoms with Crippen LogP contribution in [-0.2, 0) is 4.79 Å². The summed E-state index contributed by atoms with van der Waals surface area (Å²) >= 11 is 0. The van der Waals surface area contributed by atoms with Crippen LogP contribution in [0, 0.1) is 5.41 Å². The fourth-order valence-electron chi connectivity index (χ4n) is 2.56. The standard InChI is InChI=1S/C15H30N2O2/c1-15(2,7-6-14(18)19)8-10-16-9-5-13-17-11-3-4-12-17/h16H,3-13H2,1-2H3,(H,18,19). The topological polar surface area (TPSA) is 52.6 Å². The normalized spacial score (nSPS) is 16.9. The van der Waals surface area contributed by atoms with E-state index in [-0.39, 0.29) is 11.8 Å². The summed E-state index contributed by atoms with van der Waals surface area (Å²) in [6.07, 6.45) is 6.04. The minimum atomic E-state index is -0.688. The van der Waals surface area contributed by atoms with Crippen molar-refractivity contribution in [3.8, 4) is 0 Å². The number of likely N-dealkylation sites (tertiary alicyclic amines) is 1. The van der Waals surface area contributed by atoms with Gasteiger partial charge < -0.3 is 15.3 Å². The van der Waals surface area contributed by atoms with Gasteiger partial charge in [0.05, 0.1) is 0 Å². The lowest BCUT2D eigenvalue weighted by Gasteiger charge is -2.24. The molecule has 0 amide bonds. The molecule has 0 aromatic carbocycles. The lowest BCUT2D eigenvalue weighted by atomic mass is 9.84. The highest BCUT2D eigenvalue weighted by Gasteiger charge is 2.18. The van der Waals surface area contributed by atoms with Crippen LogP contribution in [0.3, 0.4) is 0 Å². The van der Waals surface area contributed by atoms with Crippen molar-refractivity contribution in [2.75, 3.05) is 32.7 Å². The van der Waals surface area contributed by atoms with Gasteiger partial charge in [-0.05, 0) is 70.2 Å². The van der Waals surface area contributed by atoms with Crippen molar-refractivity contribution in [1.29, 1.82) is 0 Å². The highest BCUT2D eigenvalue weighted by molar-refractivity contribution is 5.66. The van der Waals surface area contributed by atoms with Crippen molar-refractivity contribution in [1.82, 2.24) is 10.2 Å². The van der Waals surface area contributed by atoms with Crippen molar-refractivity contribution in [3.63, 3.8) is 0 Å². The molecule has 2 N–H and O–H groups in total. The monoisotopic (exact) mass is 270 g/mol. The minimum Gasteiger partial charge on any atom is -0.481 e. The zero-order valence-electron chi connectivity index (χ0n) is 12.6. The van der Waals surface area contributed by atoms with E-state index in [2.05, 4.69) is 24.1 Å². The molecule has 0 bridgehead atoms. The second-order valence-corrected chi connectivity index (χ2v) is 6.46. The largest absolute Gasteiger partial charge is 0.481 e. The summed E-state index contributed by atoms with van der Waals surface area (Å²) in [4.78, 5) is 13.1. The van der Waals surface area contributed by atoms with Crippen LogP contribution < -0.4 is 5.32 Å². The van der Waals surface area contributed by atoms with Crippen LogP contribution in [0.25, 0.3) is 0 Å². The third-order valence-electron chi connectivity index (χ3n) is 4.02. The van der Waals surface area contributed by atoms with E-state index in [1.54, 1.807) is 0 Å². The predicted octanol–water partition coefficient (Wildman–Crippen LogP) is 2.34. The van der Waals surface area contributed by atoms with Crippen LogP contribution in [0.5, 0.6) is 0 Å². The maximum Gasteiger partial charge on any atom is 0.303 e. The SMILES string of the molecule is CC(C)(CCNCCCN1CCCC1)CCC(=O)O. The van der Waals surface area contributed by atoms with Gasteiger partial charge in [-0.2, -0.15) is 0 Å². The first kappa shape index (κ1) is 16.4. The first-order valence-corrected chi connectivity index (χ1v) is 7.64. The molecule has 0 spiro atoms. The first-order chi connectivity index (χ1) is 8.99. The van der Waals surface area contributed by atoms with Gasteiger partial charge in [0, 0.05) is 6.42 Å².